The molecule has 0 bridgehead atoms. The van der Waals surface area contributed by atoms with Crippen LogP contribution in [0.3, 0.4) is 0 Å². The number of nitrogens with two attached hydrogens (primary N) is 1. The number of ether oxygens (including phenoxy) is 1. The molecule has 1 fully saturated rings. The molecular formula is C11H24N2O. The zero-order valence-electron chi connectivity index (χ0n) is 9.75. The standard InChI is InChI=1S/C11H24N2O/c1-10(2)13-7-4-5-11(9-12,14-3)6-8-13/h10H,4-9,12H2,1-3H3. The lowest BCUT2D eigenvalue weighted by atomic mass is 9.95. The third kappa shape index (κ3) is 2.69. The van der Waals surface area contributed by atoms with E-state index in [1.54, 1.807) is 7.11 Å². The van der Waals surface area contributed by atoms with E-state index in [4.69, 9.17) is 10.5 Å². The fourth-order valence-corrected chi connectivity index (χ4v) is 2.20. The van der Waals surface area contributed by atoms with Crippen LogP contribution in [-0.2, 0) is 4.74 Å². The van der Waals surface area contributed by atoms with Crippen LogP contribution in [0.15, 0.2) is 0 Å². The molecule has 3 heteroatoms. The summed E-state index contributed by atoms with van der Waals surface area (Å²) < 4.78 is 5.58. The van der Waals surface area contributed by atoms with Gasteiger partial charge in [0.2, 0.25) is 0 Å². The Balaban J connectivity index is 2.55. The first-order valence-electron chi connectivity index (χ1n) is 5.63. The van der Waals surface area contributed by atoms with Crippen molar-refractivity contribution in [1.29, 1.82) is 0 Å². The van der Waals surface area contributed by atoms with Crippen molar-refractivity contribution in [1.82, 2.24) is 4.90 Å². The van der Waals surface area contributed by atoms with Crippen LogP contribution < -0.4 is 5.73 Å². The Hall–Kier alpha value is -0.120. The fraction of sp³-hybridized carbons (Fsp3) is 1.00. The summed E-state index contributed by atoms with van der Waals surface area (Å²) in [6.45, 7) is 7.45. The molecule has 3 nitrogen and oxygen atoms in total. The summed E-state index contributed by atoms with van der Waals surface area (Å²) in [6.07, 6.45) is 3.37. The highest BCUT2D eigenvalue weighted by molar-refractivity contribution is 4.86. The Morgan fingerprint density at radius 1 is 1.36 bits per heavy atom. The van der Waals surface area contributed by atoms with E-state index < -0.39 is 0 Å². The van der Waals surface area contributed by atoms with E-state index in [9.17, 15) is 0 Å². The van der Waals surface area contributed by atoms with E-state index in [1.165, 1.54) is 13.0 Å². The first-order chi connectivity index (χ1) is 6.63. The van der Waals surface area contributed by atoms with Gasteiger partial charge in [0.25, 0.3) is 0 Å². The fourth-order valence-electron chi connectivity index (χ4n) is 2.20. The molecule has 1 saturated heterocycles. The van der Waals surface area contributed by atoms with Gasteiger partial charge in [-0.15, -0.1) is 0 Å². The predicted molar refractivity (Wildman–Crippen MR) is 59.4 cm³/mol. The van der Waals surface area contributed by atoms with Crippen LogP contribution in [0.25, 0.3) is 0 Å². The van der Waals surface area contributed by atoms with Crippen LogP contribution in [0.5, 0.6) is 0 Å². The molecule has 2 N–H and O–H groups in total. The van der Waals surface area contributed by atoms with Crippen LogP contribution in [-0.4, -0.2) is 43.3 Å². The van der Waals surface area contributed by atoms with Crippen molar-refractivity contribution in [2.24, 2.45) is 5.73 Å². The second-order valence-electron chi connectivity index (χ2n) is 4.57. The van der Waals surface area contributed by atoms with Gasteiger partial charge in [-0.25, -0.2) is 0 Å². The largest absolute Gasteiger partial charge is 0.377 e. The third-order valence-corrected chi connectivity index (χ3v) is 3.47. The van der Waals surface area contributed by atoms with Crippen molar-refractivity contribution in [3.05, 3.63) is 0 Å². The van der Waals surface area contributed by atoms with Gasteiger partial charge in [-0.3, -0.25) is 0 Å². The topological polar surface area (TPSA) is 38.5 Å². The van der Waals surface area contributed by atoms with Gasteiger partial charge >= 0.3 is 0 Å². The molecule has 14 heavy (non-hydrogen) atoms. The minimum atomic E-state index is -0.0519. The van der Waals surface area contributed by atoms with E-state index in [2.05, 4.69) is 18.7 Å². The number of rotatable bonds is 3. The lowest BCUT2D eigenvalue weighted by Crippen LogP contribution is -2.41. The molecule has 0 spiro atoms. The van der Waals surface area contributed by atoms with Crippen LogP contribution >= 0.6 is 0 Å². The zero-order chi connectivity index (χ0) is 10.6. The highest BCUT2D eigenvalue weighted by Crippen LogP contribution is 2.25. The van der Waals surface area contributed by atoms with Gasteiger partial charge in [0.15, 0.2) is 0 Å². The molecular weight excluding hydrogens is 176 g/mol. The maximum atomic E-state index is 5.80. The molecule has 0 aromatic heterocycles. The molecule has 0 saturated carbocycles. The lowest BCUT2D eigenvalue weighted by Gasteiger charge is -2.30. The SMILES string of the molecule is COC1(CN)CCCN(C(C)C)CC1. The van der Waals surface area contributed by atoms with E-state index in [-0.39, 0.29) is 5.60 Å². The van der Waals surface area contributed by atoms with Crippen LogP contribution in [0.4, 0.5) is 0 Å². The van der Waals surface area contributed by atoms with Crippen molar-refractivity contribution in [2.45, 2.75) is 44.8 Å². The summed E-state index contributed by atoms with van der Waals surface area (Å²) in [4.78, 5) is 2.51. The first-order valence-corrected chi connectivity index (χ1v) is 5.63. The molecule has 1 aliphatic heterocycles. The maximum Gasteiger partial charge on any atom is 0.0813 e. The Kier molecular flexibility index (Phi) is 4.35. The molecule has 0 aliphatic carbocycles. The number of hydrogen-bond donors (Lipinski definition) is 1. The Bertz CT molecular complexity index is 167. The molecule has 84 valence electrons. The number of methoxy groups -OCH3 is 1. The maximum absolute atomic E-state index is 5.80. The zero-order valence-corrected chi connectivity index (χ0v) is 9.75. The summed E-state index contributed by atoms with van der Waals surface area (Å²) in [5.41, 5.74) is 5.74. The highest BCUT2D eigenvalue weighted by atomic mass is 16.5. The van der Waals surface area contributed by atoms with Crippen LogP contribution in [0.2, 0.25) is 0 Å². The minimum absolute atomic E-state index is 0.0519. The van der Waals surface area contributed by atoms with Crippen LogP contribution in [0.1, 0.15) is 33.1 Å². The molecule has 1 heterocycles. The van der Waals surface area contributed by atoms with Gasteiger partial charge in [0, 0.05) is 26.2 Å². The van der Waals surface area contributed by atoms with Gasteiger partial charge in [0.05, 0.1) is 5.60 Å². The van der Waals surface area contributed by atoms with Crippen molar-refractivity contribution in [3.8, 4) is 0 Å². The summed E-state index contributed by atoms with van der Waals surface area (Å²) in [6, 6.07) is 0.639. The van der Waals surface area contributed by atoms with Gasteiger partial charge in [-0.05, 0) is 39.7 Å². The molecule has 1 rings (SSSR count). The van der Waals surface area contributed by atoms with Crippen molar-refractivity contribution in [2.75, 3.05) is 26.7 Å². The Labute approximate surface area is 87.6 Å². The Morgan fingerprint density at radius 3 is 2.57 bits per heavy atom. The van der Waals surface area contributed by atoms with E-state index in [1.807, 2.05) is 0 Å². The number of likely N-dealkylation sites (tertiary alicyclic amines) is 1. The molecule has 0 aromatic rings. The second-order valence-corrected chi connectivity index (χ2v) is 4.57. The molecule has 1 unspecified atom stereocenters. The molecule has 0 amide bonds. The van der Waals surface area contributed by atoms with Gasteiger partial charge in [0.1, 0.15) is 0 Å². The minimum Gasteiger partial charge on any atom is -0.377 e. The van der Waals surface area contributed by atoms with Gasteiger partial charge in [-0.2, -0.15) is 0 Å². The molecule has 0 radical (unpaired) electrons. The predicted octanol–water partition coefficient (Wildman–Crippen LogP) is 1.22. The van der Waals surface area contributed by atoms with Crippen molar-refractivity contribution >= 4 is 0 Å². The summed E-state index contributed by atoms with van der Waals surface area (Å²) >= 11 is 0. The molecule has 1 aliphatic rings. The number of hydrogen-bond acceptors (Lipinski definition) is 3. The van der Waals surface area contributed by atoms with Crippen molar-refractivity contribution in [3.63, 3.8) is 0 Å². The normalized spacial score (nSPS) is 30.6. The average Bonchev–Trinajstić information content (AvgIpc) is 2.40. The summed E-state index contributed by atoms with van der Waals surface area (Å²) in [7, 11) is 1.79. The molecule has 0 aromatic carbocycles. The summed E-state index contributed by atoms with van der Waals surface area (Å²) in [5.74, 6) is 0. The summed E-state index contributed by atoms with van der Waals surface area (Å²) in [5, 5.41) is 0. The van der Waals surface area contributed by atoms with Gasteiger partial charge < -0.3 is 15.4 Å². The second kappa shape index (κ2) is 5.10. The first kappa shape index (κ1) is 12.0. The van der Waals surface area contributed by atoms with Crippen molar-refractivity contribution < 1.29 is 4.74 Å². The smallest absolute Gasteiger partial charge is 0.0813 e. The highest BCUT2D eigenvalue weighted by Gasteiger charge is 2.31. The average molecular weight is 200 g/mol. The lowest BCUT2D eigenvalue weighted by molar-refractivity contribution is -0.0146. The Morgan fingerprint density at radius 2 is 2.07 bits per heavy atom. The van der Waals surface area contributed by atoms with Crippen LogP contribution in [0, 0.1) is 0 Å². The van der Waals surface area contributed by atoms with E-state index >= 15 is 0 Å². The number of nitrogens with zero attached hydrogens (tertiary/aromatic N) is 1. The van der Waals surface area contributed by atoms with Gasteiger partial charge in [-0.1, -0.05) is 0 Å². The van der Waals surface area contributed by atoms with E-state index in [0.717, 1.165) is 19.4 Å². The quantitative estimate of drug-likeness (QED) is 0.744. The third-order valence-electron chi connectivity index (χ3n) is 3.47. The monoisotopic (exact) mass is 200 g/mol. The van der Waals surface area contributed by atoms with E-state index in [0.29, 0.717) is 12.6 Å². The molecule has 1 atom stereocenters.